The van der Waals surface area contributed by atoms with Crippen molar-refractivity contribution in [2.24, 2.45) is 4.40 Å². The van der Waals surface area contributed by atoms with Gasteiger partial charge < -0.3 is 20.2 Å². The lowest BCUT2D eigenvalue weighted by molar-refractivity contribution is -0.119. The first-order valence-electron chi connectivity index (χ1n) is 9.16. The number of benzene rings is 2. The summed E-state index contributed by atoms with van der Waals surface area (Å²) in [6.45, 7) is 0.547. The largest absolute Gasteiger partial charge is 0.343 e. The molecule has 0 bridgehead atoms. The van der Waals surface area contributed by atoms with Crippen molar-refractivity contribution in [2.45, 2.75) is 23.8 Å². The van der Waals surface area contributed by atoms with E-state index in [1.807, 2.05) is 0 Å². The van der Waals surface area contributed by atoms with Crippen molar-refractivity contribution in [3.05, 3.63) is 58.5 Å². The molecule has 3 aromatic rings. The molecular formula is C19H17N5O4S. The van der Waals surface area contributed by atoms with E-state index in [0.29, 0.717) is 41.1 Å². The van der Waals surface area contributed by atoms with E-state index in [4.69, 9.17) is 0 Å². The molecule has 3 N–H and O–H groups in total. The zero-order chi connectivity index (χ0) is 20.2. The fourth-order valence-corrected chi connectivity index (χ4v) is 5.14. The van der Waals surface area contributed by atoms with E-state index < -0.39 is 16.1 Å². The molecule has 0 radical (unpaired) electrons. The van der Waals surface area contributed by atoms with Crippen molar-refractivity contribution in [2.75, 3.05) is 11.9 Å². The quantitative estimate of drug-likeness (QED) is 0.587. The number of hydrogen-bond donors (Lipinski definition) is 3. The van der Waals surface area contributed by atoms with Gasteiger partial charge in [0, 0.05) is 17.8 Å². The van der Waals surface area contributed by atoms with Gasteiger partial charge in [-0.3, -0.25) is 4.79 Å². The van der Waals surface area contributed by atoms with Crippen LogP contribution in [0.1, 0.15) is 18.4 Å². The Morgan fingerprint density at radius 1 is 1.14 bits per heavy atom. The number of fused-ring (bicyclic) bond motifs is 2. The predicted octanol–water partition coefficient (Wildman–Crippen LogP) is 1.41. The average molecular weight is 411 g/mol. The van der Waals surface area contributed by atoms with Crippen LogP contribution in [0.15, 0.2) is 56.6 Å². The van der Waals surface area contributed by atoms with Gasteiger partial charge in [-0.25, -0.2) is 4.79 Å². The van der Waals surface area contributed by atoms with Gasteiger partial charge in [0.1, 0.15) is 10.9 Å². The van der Waals surface area contributed by atoms with Crippen LogP contribution in [0.2, 0.25) is 0 Å². The van der Waals surface area contributed by atoms with Gasteiger partial charge in [0.05, 0.1) is 11.0 Å². The Morgan fingerprint density at radius 2 is 1.93 bits per heavy atom. The third-order valence-corrected chi connectivity index (χ3v) is 6.55. The monoisotopic (exact) mass is 411 g/mol. The van der Waals surface area contributed by atoms with Crippen LogP contribution >= 0.6 is 0 Å². The fraction of sp³-hybridized carbons (Fsp3) is 0.211. The van der Waals surface area contributed by atoms with E-state index >= 15 is 0 Å². The topological polar surface area (TPSA) is 127 Å². The fourth-order valence-electron chi connectivity index (χ4n) is 3.92. The molecule has 2 aromatic carbocycles. The molecule has 1 saturated heterocycles. The first-order chi connectivity index (χ1) is 13.9. The SMILES string of the molecule is O=C(Nc1ccc2[nH]c(=O)[nH]c2c1)[C@@H]1CCCN1C1=NS(=O)(=O)c2ccccc21. The number of amidine groups is 1. The Labute approximate surface area is 165 Å². The number of carbonyl (C=O) groups excluding carboxylic acids is 1. The van der Waals surface area contributed by atoms with E-state index in [-0.39, 0.29) is 16.5 Å². The normalized spacial score (nSPS) is 19.9. The van der Waals surface area contributed by atoms with Gasteiger partial charge in [-0.05, 0) is 43.2 Å². The smallest absolute Gasteiger partial charge is 0.323 e. The van der Waals surface area contributed by atoms with Crippen LogP contribution < -0.4 is 11.0 Å². The molecule has 0 aliphatic carbocycles. The number of nitrogens with zero attached hydrogens (tertiary/aromatic N) is 2. The Morgan fingerprint density at radius 3 is 2.79 bits per heavy atom. The van der Waals surface area contributed by atoms with Crippen LogP contribution in [0.3, 0.4) is 0 Å². The molecule has 1 amide bonds. The van der Waals surface area contributed by atoms with E-state index in [1.54, 1.807) is 41.3 Å². The minimum atomic E-state index is -3.74. The standard InChI is InChI=1S/C19H17N5O4S/c25-18(20-11-7-8-13-14(10-11)22-19(26)21-13)15-5-3-9-24(15)17-12-4-1-2-6-16(12)29(27,28)23-17/h1-2,4,6-8,10,15H,3,5,9H2,(H,20,25)(H2,21,22,26)/t15-/m0/s1. The first kappa shape index (κ1) is 17.7. The van der Waals surface area contributed by atoms with Crippen molar-refractivity contribution in [3.8, 4) is 0 Å². The minimum absolute atomic E-state index is 0.169. The molecule has 5 rings (SSSR count). The Balaban J connectivity index is 1.43. The van der Waals surface area contributed by atoms with E-state index in [1.165, 1.54) is 6.07 Å². The molecule has 0 unspecified atom stereocenters. The van der Waals surface area contributed by atoms with Gasteiger partial charge in [0.15, 0.2) is 5.84 Å². The maximum absolute atomic E-state index is 13.0. The van der Waals surface area contributed by atoms with Crippen LogP contribution in [-0.4, -0.2) is 47.6 Å². The van der Waals surface area contributed by atoms with Crippen molar-refractivity contribution < 1.29 is 13.2 Å². The Kier molecular flexibility index (Phi) is 3.85. The van der Waals surface area contributed by atoms with E-state index in [2.05, 4.69) is 19.7 Å². The summed E-state index contributed by atoms with van der Waals surface area (Å²) < 4.78 is 28.7. The van der Waals surface area contributed by atoms with E-state index in [9.17, 15) is 18.0 Å². The van der Waals surface area contributed by atoms with Crippen LogP contribution in [0, 0.1) is 0 Å². The van der Waals surface area contributed by atoms with Gasteiger partial charge in [0.25, 0.3) is 10.0 Å². The molecule has 0 saturated carbocycles. The number of aromatic amines is 2. The molecule has 9 nitrogen and oxygen atoms in total. The highest BCUT2D eigenvalue weighted by Gasteiger charge is 2.39. The molecule has 10 heteroatoms. The highest BCUT2D eigenvalue weighted by Crippen LogP contribution is 2.31. The second-order valence-corrected chi connectivity index (χ2v) is 8.64. The second-order valence-electron chi connectivity index (χ2n) is 7.07. The number of amides is 1. The van der Waals surface area contributed by atoms with Crippen LogP contribution in [0.4, 0.5) is 5.69 Å². The van der Waals surface area contributed by atoms with Crippen LogP contribution in [0.5, 0.6) is 0 Å². The van der Waals surface area contributed by atoms with Gasteiger partial charge >= 0.3 is 5.69 Å². The summed E-state index contributed by atoms with van der Waals surface area (Å²) in [7, 11) is -3.74. The molecule has 1 aromatic heterocycles. The number of H-pyrrole nitrogens is 2. The summed E-state index contributed by atoms with van der Waals surface area (Å²) in [6.07, 6.45) is 1.35. The maximum atomic E-state index is 13.0. The molecule has 2 aliphatic rings. The number of hydrogen-bond acceptors (Lipinski definition) is 5. The molecule has 0 spiro atoms. The second kappa shape index (κ2) is 6.31. The first-order valence-corrected chi connectivity index (χ1v) is 10.6. The van der Waals surface area contributed by atoms with Gasteiger partial charge in [-0.1, -0.05) is 12.1 Å². The molecule has 2 aliphatic heterocycles. The Hall–Kier alpha value is -3.40. The molecule has 3 heterocycles. The summed E-state index contributed by atoms with van der Waals surface area (Å²) >= 11 is 0. The highest BCUT2D eigenvalue weighted by atomic mass is 32.2. The number of anilines is 1. The van der Waals surface area contributed by atoms with Crippen LogP contribution in [0.25, 0.3) is 11.0 Å². The average Bonchev–Trinajstić information content (AvgIpc) is 3.37. The van der Waals surface area contributed by atoms with Gasteiger partial charge in [-0.15, -0.1) is 4.40 Å². The Bertz CT molecular complexity index is 1340. The lowest BCUT2D eigenvalue weighted by atomic mass is 10.1. The number of likely N-dealkylation sites (tertiary alicyclic amines) is 1. The third-order valence-electron chi connectivity index (χ3n) is 5.22. The third kappa shape index (κ3) is 2.92. The molecule has 148 valence electrons. The van der Waals surface area contributed by atoms with Crippen molar-refractivity contribution >= 4 is 38.5 Å². The molecule has 29 heavy (non-hydrogen) atoms. The van der Waals surface area contributed by atoms with Gasteiger partial charge in [-0.2, -0.15) is 8.42 Å². The maximum Gasteiger partial charge on any atom is 0.323 e. The lowest BCUT2D eigenvalue weighted by Gasteiger charge is -2.25. The van der Waals surface area contributed by atoms with Crippen molar-refractivity contribution in [1.29, 1.82) is 0 Å². The number of rotatable bonds is 2. The molecule has 1 atom stereocenters. The number of sulfonamides is 1. The zero-order valence-electron chi connectivity index (χ0n) is 15.2. The highest BCUT2D eigenvalue weighted by molar-refractivity contribution is 7.90. The zero-order valence-corrected chi connectivity index (χ0v) is 16.0. The number of aromatic nitrogens is 2. The predicted molar refractivity (Wildman–Crippen MR) is 107 cm³/mol. The van der Waals surface area contributed by atoms with Crippen molar-refractivity contribution in [3.63, 3.8) is 0 Å². The minimum Gasteiger partial charge on any atom is -0.343 e. The summed E-state index contributed by atoms with van der Waals surface area (Å²) in [5.41, 5.74) is 2.00. The van der Waals surface area contributed by atoms with Crippen molar-refractivity contribution in [1.82, 2.24) is 14.9 Å². The van der Waals surface area contributed by atoms with E-state index in [0.717, 1.165) is 6.42 Å². The molecule has 1 fully saturated rings. The van der Waals surface area contributed by atoms with Crippen LogP contribution in [-0.2, 0) is 14.8 Å². The lowest BCUT2D eigenvalue weighted by Crippen LogP contribution is -2.43. The summed E-state index contributed by atoms with van der Waals surface area (Å²) in [5, 5.41) is 2.86. The molecular weight excluding hydrogens is 394 g/mol. The van der Waals surface area contributed by atoms with Gasteiger partial charge in [0.2, 0.25) is 5.91 Å². The summed E-state index contributed by atoms with van der Waals surface area (Å²) in [5.74, 6) is 0.0767. The number of carbonyl (C=O) groups is 1. The summed E-state index contributed by atoms with van der Waals surface area (Å²) in [6, 6.07) is 11.2. The summed E-state index contributed by atoms with van der Waals surface area (Å²) in [4.78, 5) is 31.6. The number of nitrogens with one attached hydrogen (secondary N) is 3. The number of imidazole rings is 1.